The highest BCUT2D eigenvalue weighted by Gasteiger charge is 2.35. The van der Waals surface area contributed by atoms with Crippen LogP contribution >= 0.6 is 11.3 Å². The lowest BCUT2D eigenvalue weighted by atomic mass is 10.1. The summed E-state index contributed by atoms with van der Waals surface area (Å²) in [6.45, 7) is 0.112. The van der Waals surface area contributed by atoms with Gasteiger partial charge in [0.2, 0.25) is 5.91 Å². The van der Waals surface area contributed by atoms with Crippen molar-refractivity contribution in [1.29, 1.82) is 0 Å². The van der Waals surface area contributed by atoms with Crippen LogP contribution in [0, 0.1) is 0 Å². The predicted molar refractivity (Wildman–Crippen MR) is 128 cm³/mol. The Kier molecular flexibility index (Phi) is 5.64. The van der Waals surface area contributed by atoms with Gasteiger partial charge in [-0.05, 0) is 18.2 Å². The van der Waals surface area contributed by atoms with E-state index in [1.54, 1.807) is 49.5 Å². The van der Waals surface area contributed by atoms with Crippen molar-refractivity contribution in [3.8, 4) is 11.3 Å². The van der Waals surface area contributed by atoms with Crippen LogP contribution in [0.15, 0.2) is 65.5 Å². The van der Waals surface area contributed by atoms with Crippen LogP contribution in [0.2, 0.25) is 0 Å². The Labute approximate surface area is 200 Å². The fourth-order valence-electron chi connectivity index (χ4n) is 3.91. The van der Waals surface area contributed by atoms with Crippen LogP contribution in [-0.2, 0) is 24.6 Å². The Hall–Kier alpha value is -3.99. The van der Waals surface area contributed by atoms with E-state index >= 15 is 0 Å². The van der Waals surface area contributed by atoms with Gasteiger partial charge in [0, 0.05) is 25.6 Å². The number of carbonyl (C=O) groups is 1. The number of anilines is 1. The number of aryl methyl sites for hydroxylation is 2. The normalized spacial score (nSPS) is 11.9. The number of thiazole rings is 1. The molecule has 0 saturated carbocycles. The third-order valence-electron chi connectivity index (χ3n) is 5.60. The molecule has 7 nitrogen and oxygen atoms in total. The molecule has 0 fully saturated rings. The molecule has 2 aromatic carbocycles. The molecule has 3 aromatic heterocycles. The van der Waals surface area contributed by atoms with Gasteiger partial charge in [-0.2, -0.15) is 18.2 Å². The summed E-state index contributed by atoms with van der Waals surface area (Å²) in [6.07, 6.45) is -4.67. The van der Waals surface area contributed by atoms with Gasteiger partial charge in [-0.1, -0.05) is 53.8 Å². The second kappa shape index (κ2) is 8.66. The number of aromatic nitrogens is 4. The number of nitrogens with one attached hydrogen (secondary N) is 1. The molecule has 0 unspecified atom stereocenters. The Bertz CT molecular complexity index is 1620. The van der Waals surface area contributed by atoms with E-state index in [0.717, 1.165) is 11.6 Å². The summed E-state index contributed by atoms with van der Waals surface area (Å²) >= 11 is 0.716. The van der Waals surface area contributed by atoms with Crippen LogP contribution in [0.5, 0.6) is 0 Å². The highest BCUT2D eigenvalue weighted by atomic mass is 32.1. The van der Waals surface area contributed by atoms with E-state index in [9.17, 15) is 22.8 Å². The number of para-hydroxylation sites is 2. The minimum absolute atomic E-state index is 0.0125. The van der Waals surface area contributed by atoms with Gasteiger partial charge in [-0.25, -0.2) is 9.78 Å². The smallest absolute Gasteiger partial charge is 0.302 e. The summed E-state index contributed by atoms with van der Waals surface area (Å²) in [5.41, 5.74) is 0.893. The Balaban J connectivity index is 1.41. The van der Waals surface area contributed by atoms with Crippen molar-refractivity contribution in [3.63, 3.8) is 0 Å². The van der Waals surface area contributed by atoms with Crippen molar-refractivity contribution in [2.75, 3.05) is 5.32 Å². The Morgan fingerprint density at radius 2 is 1.71 bits per heavy atom. The molecule has 0 atom stereocenters. The number of amides is 1. The quantitative estimate of drug-likeness (QED) is 0.368. The van der Waals surface area contributed by atoms with Crippen LogP contribution in [0.3, 0.4) is 0 Å². The van der Waals surface area contributed by atoms with E-state index in [0.29, 0.717) is 22.4 Å². The molecule has 11 heteroatoms. The number of alkyl halides is 3. The molecule has 0 radical (unpaired) electrons. The van der Waals surface area contributed by atoms with Gasteiger partial charge in [-0.3, -0.25) is 13.9 Å². The topological polar surface area (TPSA) is 81.8 Å². The van der Waals surface area contributed by atoms with E-state index in [2.05, 4.69) is 15.3 Å². The van der Waals surface area contributed by atoms with Gasteiger partial charge in [0.25, 0.3) is 0 Å². The van der Waals surface area contributed by atoms with Crippen LogP contribution < -0.4 is 11.0 Å². The highest BCUT2D eigenvalue weighted by molar-refractivity contribution is 7.22. The van der Waals surface area contributed by atoms with Gasteiger partial charge in [0.05, 0.1) is 27.0 Å². The summed E-state index contributed by atoms with van der Waals surface area (Å²) in [6, 6.07) is 16.7. The second-order valence-corrected chi connectivity index (χ2v) is 8.87. The van der Waals surface area contributed by atoms with Crippen molar-refractivity contribution < 1.29 is 18.0 Å². The van der Waals surface area contributed by atoms with Crippen molar-refractivity contribution in [1.82, 2.24) is 19.1 Å². The second-order valence-electron chi connectivity index (χ2n) is 7.87. The molecule has 35 heavy (non-hydrogen) atoms. The third-order valence-corrected chi connectivity index (χ3v) is 6.59. The summed E-state index contributed by atoms with van der Waals surface area (Å²) in [5, 5.41) is 2.57. The van der Waals surface area contributed by atoms with Gasteiger partial charge in [0.1, 0.15) is 0 Å². The van der Waals surface area contributed by atoms with Crippen LogP contribution in [0.4, 0.5) is 18.3 Å². The first-order chi connectivity index (χ1) is 16.7. The molecule has 178 valence electrons. The molecular weight excluding hydrogens is 479 g/mol. The number of halogens is 3. The first kappa shape index (κ1) is 22.8. The number of carbonyl (C=O) groups excluding carboxylic acids is 1. The van der Waals surface area contributed by atoms with E-state index in [-0.39, 0.29) is 39.8 Å². The first-order valence-electron chi connectivity index (χ1n) is 10.6. The van der Waals surface area contributed by atoms with Crippen molar-refractivity contribution in [3.05, 3.63) is 76.7 Å². The zero-order valence-corrected chi connectivity index (χ0v) is 19.2. The van der Waals surface area contributed by atoms with Gasteiger partial charge >= 0.3 is 11.9 Å². The summed E-state index contributed by atoms with van der Waals surface area (Å²) in [4.78, 5) is 33.5. The predicted octanol–water partition coefficient (Wildman–Crippen LogP) is 5.06. The zero-order chi connectivity index (χ0) is 24.7. The summed E-state index contributed by atoms with van der Waals surface area (Å²) in [5.74, 6) is -0.472. The number of hydrogen-bond donors (Lipinski definition) is 1. The lowest BCUT2D eigenvalue weighted by Gasteiger charge is -2.09. The molecule has 1 N–H and O–H groups in total. The summed E-state index contributed by atoms with van der Waals surface area (Å²) in [7, 11) is 1.65. The maximum Gasteiger partial charge on any atom is 0.417 e. The number of hydrogen-bond acceptors (Lipinski definition) is 5. The standard InChI is InChI=1S/C24H18F3N5O2S/c1-31-17-9-5-6-10-18(17)32(23(31)34)12-11-19(33)29-22-30-21-20(35-22)15(24(25,26)27)13-16(28-21)14-7-3-2-4-8-14/h2-10,13H,11-12H2,1H3,(H,28,29,30,33). The average molecular weight is 498 g/mol. The Morgan fingerprint density at radius 1 is 1.03 bits per heavy atom. The number of benzene rings is 2. The fraction of sp³-hybridized carbons (Fsp3) is 0.167. The van der Waals surface area contributed by atoms with E-state index in [1.165, 1.54) is 9.13 Å². The fourth-order valence-corrected chi connectivity index (χ4v) is 4.86. The molecule has 3 heterocycles. The van der Waals surface area contributed by atoms with E-state index in [1.807, 2.05) is 12.1 Å². The van der Waals surface area contributed by atoms with Crippen LogP contribution in [-0.4, -0.2) is 25.0 Å². The van der Waals surface area contributed by atoms with Crippen LogP contribution in [0.25, 0.3) is 32.6 Å². The molecule has 0 aliphatic heterocycles. The molecule has 0 aliphatic rings. The number of rotatable bonds is 5. The third kappa shape index (κ3) is 4.30. The van der Waals surface area contributed by atoms with E-state index < -0.39 is 17.6 Å². The maximum absolute atomic E-state index is 13.8. The van der Waals surface area contributed by atoms with Crippen molar-refractivity contribution >= 4 is 43.8 Å². The molecule has 0 aliphatic carbocycles. The van der Waals surface area contributed by atoms with Gasteiger partial charge < -0.3 is 5.32 Å². The number of pyridine rings is 1. The lowest BCUT2D eigenvalue weighted by Crippen LogP contribution is -2.24. The van der Waals surface area contributed by atoms with Crippen molar-refractivity contribution in [2.24, 2.45) is 7.05 Å². The number of imidazole rings is 1. The number of nitrogens with zero attached hydrogens (tertiary/aromatic N) is 4. The molecule has 0 bridgehead atoms. The van der Waals surface area contributed by atoms with Crippen molar-refractivity contribution in [2.45, 2.75) is 19.1 Å². The van der Waals surface area contributed by atoms with E-state index in [4.69, 9.17) is 0 Å². The lowest BCUT2D eigenvalue weighted by molar-refractivity contribution is -0.136. The minimum atomic E-state index is -4.62. The monoisotopic (exact) mass is 497 g/mol. The average Bonchev–Trinajstić information content (AvgIpc) is 3.35. The molecule has 5 rings (SSSR count). The molecule has 0 spiro atoms. The number of fused-ring (bicyclic) bond motifs is 2. The summed E-state index contributed by atoms with van der Waals surface area (Å²) < 4.78 is 44.2. The SMILES string of the molecule is Cn1c(=O)n(CCC(=O)Nc2nc3nc(-c4ccccc4)cc(C(F)(F)F)c3s2)c2ccccc21. The molecular formula is C24H18F3N5O2S. The highest BCUT2D eigenvalue weighted by Crippen LogP contribution is 2.40. The maximum atomic E-state index is 13.8. The minimum Gasteiger partial charge on any atom is -0.302 e. The van der Waals surface area contributed by atoms with Gasteiger partial charge in [-0.15, -0.1) is 0 Å². The largest absolute Gasteiger partial charge is 0.417 e. The zero-order valence-electron chi connectivity index (χ0n) is 18.3. The molecule has 1 amide bonds. The van der Waals surface area contributed by atoms with Crippen LogP contribution in [0.1, 0.15) is 12.0 Å². The Morgan fingerprint density at radius 3 is 2.43 bits per heavy atom. The van der Waals surface area contributed by atoms with Gasteiger partial charge in [0.15, 0.2) is 10.8 Å². The first-order valence-corrected chi connectivity index (χ1v) is 11.4. The molecule has 0 saturated heterocycles. The molecule has 5 aromatic rings.